The minimum atomic E-state index is 0.107. The monoisotopic (exact) mass is 232 g/mol. The number of aliphatic hydroxyl groups excluding tert-OH is 1. The Labute approximate surface area is 100 Å². The lowest BCUT2D eigenvalue weighted by Crippen LogP contribution is -1.93. The molecule has 1 aromatic heterocycles. The van der Waals surface area contributed by atoms with Crippen LogP contribution >= 0.6 is 0 Å². The zero-order valence-corrected chi connectivity index (χ0v) is 9.90. The molecule has 0 amide bonds. The van der Waals surface area contributed by atoms with E-state index in [-0.39, 0.29) is 6.61 Å². The molecule has 0 aliphatic carbocycles. The summed E-state index contributed by atoms with van der Waals surface area (Å²) >= 11 is 0. The van der Waals surface area contributed by atoms with Gasteiger partial charge in [-0.1, -0.05) is 18.2 Å². The largest absolute Gasteiger partial charge is 0.493 e. The number of benzene rings is 1. The number of ether oxygens (including phenoxy) is 1. The van der Waals surface area contributed by atoms with E-state index in [1.807, 2.05) is 18.2 Å². The van der Waals surface area contributed by atoms with Gasteiger partial charge in [0.15, 0.2) is 11.3 Å². The number of furan rings is 1. The highest BCUT2D eigenvalue weighted by atomic mass is 16.5. The fraction of sp³-hybridized carbons (Fsp3) is 0.286. The Morgan fingerprint density at radius 1 is 1.47 bits per heavy atom. The van der Waals surface area contributed by atoms with Gasteiger partial charge in [0.2, 0.25) is 0 Å². The average molecular weight is 232 g/mol. The highest BCUT2D eigenvalue weighted by molar-refractivity contribution is 5.87. The van der Waals surface area contributed by atoms with Gasteiger partial charge in [-0.25, -0.2) is 0 Å². The van der Waals surface area contributed by atoms with Crippen molar-refractivity contribution in [3.63, 3.8) is 0 Å². The van der Waals surface area contributed by atoms with E-state index < -0.39 is 0 Å². The summed E-state index contributed by atoms with van der Waals surface area (Å²) in [5, 5.41) is 10.1. The average Bonchev–Trinajstić information content (AvgIpc) is 2.69. The van der Waals surface area contributed by atoms with E-state index in [2.05, 4.69) is 6.58 Å². The molecule has 2 aromatic rings. The molecule has 90 valence electrons. The zero-order valence-electron chi connectivity index (χ0n) is 9.90. The first-order valence-corrected chi connectivity index (χ1v) is 5.60. The molecule has 0 aliphatic heterocycles. The molecular formula is C14H16O3. The maximum atomic E-state index is 9.12. The summed E-state index contributed by atoms with van der Waals surface area (Å²) in [7, 11) is 1.62. The first kappa shape index (κ1) is 11.7. The van der Waals surface area contributed by atoms with Crippen molar-refractivity contribution in [2.24, 2.45) is 0 Å². The van der Waals surface area contributed by atoms with Crippen LogP contribution in [-0.2, 0) is 12.8 Å². The third kappa shape index (κ3) is 2.06. The number of hydrogen-bond donors (Lipinski definition) is 1. The first-order valence-electron chi connectivity index (χ1n) is 5.60. The lowest BCUT2D eigenvalue weighted by Gasteiger charge is -1.99. The quantitative estimate of drug-likeness (QED) is 0.806. The second kappa shape index (κ2) is 5.06. The Morgan fingerprint density at radius 2 is 2.29 bits per heavy atom. The van der Waals surface area contributed by atoms with Crippen LogP contribution in [0.1, 0.15) is 11.3 Å². The van der Waals surface area contributed by atoms with Crippen molar-refractivity contribution in [2.45, 2.75) is 12.8 Å². The summed E-state index contributed by atoms with van der Waals surface area (Å²) in [5.41, 5.74) is 1.79. The van der Waals surface area contributed by atoms with Crippen molar-refractivity contribution in [3.8, 4) is 5.75 Å². The van der Waals surface area contributed by atoms with Gasteiger partial charge in [-0.3, -0.25) is 0 Å². The molecule has 1 aromatic carbocycles. The predicted molar refractivity (Wildman–Crippen MR) is 67.5 cm³/mol. The Balaban J connectivity index is 2.64. The van der Waals surface area contributed by atoms with Crippen molar-refractivity contribution >= 4 is 11.0 Å². The molecule has 3 heteroatoms. The van der Waals surface area contributed by atoms with Crippen molar-refractivity contribution < 1.29 is 14.3 Å². The predicted octanol–water partition coefficient (Wildman–Crippen LogP) is 2.70. The van der Waals surface area contributed by atoms with Crippen LogP contribution in [0.3, 0.4) is 0 Å². The van der Waals surface area contributed by atoms with Crippen LogP contribution in [0.15, 0.2) is 35.3 Å². The smallest absolute Gasteiger partial charge is 0.176 e. The molecule has 0 saturated heterocycles. The SMILES string of the molecule is C=CCc1oc2c(OC)cccc2c1CCO. The molecule has 1 heterocycles. The summed E-state index contributed by atoms with van der Waals surface area (Å²) < 4.78 is 11.1. The fourth-order valence-corrected chi connectivity index (χ4v) is 2.04. The molecule has 0 atom stereocenters. The van der Waals surface area contributed by atoms with Crippen LogP contribution in [0.5, 0.6) is 5.75 Å². The summed E-state index contributed by atoms with van der Waals surface area (Å²) in [4.78, 5) is 0. The van der Waals surface area contributed by atoms with Gasteiger partial charge < -0.3 is 14.3 Å². The molecule has 2 rings (SSSR count). The number of para-hydroxylation sites is 1. The Morgan fingerprint density at radius 3 is 2.94 bits per heavy atom. The minimum absolute atomic E-state index is 0.107. The molecule has 0 radical (unpaired) electrons. The van der Waals surface area contributed by atoms with Gasteiger partial charge in [0, 0.05) is 24.0 Å². The number of methoxy groups -OCH3 is 1. The van der Waals surface area contributed by atoms with Crippen molar-refractivity contribution in [2.75, 3.05) is 13.7 Å². The van der Waals surface area contributed by atoms with E-state index in [4.69, 9.17) is 14.3 Å². The van der Waals surface area contributed by atoms with Gasteiger partial charge in [0.1, 0.15) is 5.76 Å². The van der Waals surface area contributed by atoms with E-state index in [9.17, 15) is 0 Å². The highest BCUT2D eigenvalue weighted by Gasteiger charge is 2.15. The number of aliphatic hydroxyl groups is 1. The molecule has 0 unspecified atom stereocenters. The van der Waals surface area contributed by atoms with Crippen LogP contribution < -0.4 is 4.74 Å². The maximum absolute atomic E-state index is 9.12. The number of rotatable bonds is 5. The van der Waals surface area contributed by atoms with E-state index in [0.717, 1.165) is 28.0 Å². The minimum Gasteiger partial charge on any atom is -0.493 e. The van der Waals surface area contributed by atoms with Crippen LogP contribution in [-0.4, -0.2) is 18.8 Å². The Kier molecular flexibility index (Phi) is 3.49. The lowest BCUT2D eigenvalue weighted by atomic mass is 10.1. The highest BCUT2D eigenvalue weighted by Crippen LogP contribution is 2.33. The van der Waals surface area contributed by atoms with Crippen LogP contribution in [0, 0.1) is 0 Å². The molecule has 1 N–H and O–H groups in total. The topological polar surface area (TPSA) is 42.6 Å². The van der Waals surface area contributed by atoms with E-state index in [0.29, 0.717) is 12.8 Å². The standard InChI is InChI=1S/C14H16O3/c1-3-5-12-10(8-9-15)11-6-4-7-13(16-2)14(11)17-12/h3-4,6-7,15H,1,5,8-9H2,2H3. The molecular weight excluding hydrogens is 216 g/mol. The van der Waals surface area contributed by atoms with Gasteiger partial charge >= 0.3 is 0 Å². The van der Waals surface area contributed by atoms with Crippen molar-refractivity contribution in [1.82, 2.24) is 0 Å². The van der Waals surface area contributed by atoms with Gasteiger partial charge in [-0.05, 0) is 12.5 Å². The van der Waals surface area contributed by atoms with Crippen LogP contribution in [0.25, 0.3) is 11.0 Å². The Hall–Kier alpha value is -1.74. The summed E-state index contributed by atoms with van der Waals surface area (Å²) in [5.74, 6) is 1.57. The van der Waals surface area contributed by atoms with Gasteiger partial charge in [-0.2, -0.15) is 0 Å². The molecule has 3 nitrogen and oxygen atoms in total. The van der Waals surface area contributed by atoms with Gasteiger partial charge in [0.25, 0.3) is 0 Å². The molecule has 0 bridgehead atoms. The first-order chi connectivity index (χ1) is 8.31. The summed E-state index contributed by atoms with van der Waals surface area (Å²) in [6.07, 6.45) is 3.04. The van der Waals surface area contributed by atoms with Crippen LogP contribution in [0.4, 0.5) is 0 Å². The number of fused-ring (bicyclic) bond motifs is 1. The maximum Gasteiger partial charge on any atom is 0.176 e. The molecule has 0 saturated carbocycles. The van der Waals surface area contributed by atoms with E-state index in [1.54, 1.807) is 13.2 Å². The second-order valence-corrected chi connectivity index (χ2v) is 3.81. The number of allylic oxidation sites excluding steroid dienone is 1. The number of hydrogen-bond acceptors (Lipinski definition) is 3. The molecule has 0 aliphatic rings. The fourth-order valence-electron chi connectivity index (χ4n) is 2.04. The van der Waals surface area contributed by atoms with Gasteiger partial charge in [0.05, 0.1) is 7.11 Å². The second-order valence-electron chi connectivity index (χ2n) is 3.81. The zero-order chi connectivity index (χ0) is 12.3. The summed E-state index contributed by atoms with van der Waals surface area (Å²) in [6.45, 7) is 3.82. The van der Waals surface area contributed by atoms with E-state index >= 15 is 0 Å². The summed E-state index contributed by atoms with van der Waals surface area (Å²) in [6, 6.07) is 5.78. The lowest BCUT2D eigenvalue weighted by molar-refractivity contribution is 0.299. The van der Waals surface area contributed by atoms with Gasteiger partial charge in [-0.15, -0.1) is 6.58 Å². The normalized spacial score (nSPS) is 10.7. The van der Waals surface area contributed by atoms with Crippen molar-refractivity contribution in [3.05, 3.63) is 42.2 Å². The van der Waals surface area contributed by atoms with Crippen LogP contribution in [0.2, 0.25) is 0 Å². The molecule has 0 fully saturated rings. The Bertz CT molecular complexity index is 525. The van der Waals surface area contributed by atoms with Crippen molar-refractivity contribution in [1.29, 1.82) is 0 Å². The third-order valence-electron chi connectivity index (χ3n) is 2.78. The van der Waals surface area contributed by atoms with E-state index in [1.165, 1.54) is 0 Å². The molecule has 0 spiro atoms. The third-order valence-corrected chi connectivity index (χ3v) is 2.78. The molecule has 17 heavy (non-hydrogen) atoms.